The minimum Gasteiger partial charge on any atom is -0.491 e. The topological polar surface area (TPSA) is 78.3 Å². The molecule has 2 aromatic rings. The van der Waals surface area contributed by atoms with E-state index in [0.29, 0.717) is 24.5 Å². The number of ether oxygens (including phenoxy) is 2. The Bertz CT molecular complexity index is 661. The van der Waals surface area contributed by atoms with Crippen LogP contribution in [0.5, 0.6) is 5.75 Å². The Morgan fingerprint density at radius 1 is 1.30 bits per heavy atom. The summed E-state index contributed by atoms with van der Waals surface area (Å²) >= 11 is 0. The van der Waals surface area contributed by atoms with E-state index in [2.05, 4.69) is 15.4 Å². The van der Waals surface area contributed by atoms with E-state index in [0.717, 1.165) is 0 Å². The molecule has 1 aromatic carbocycles. The first-order valence-corrected chi connectivity index (χ1v) is 7.35. The van der Waals surface area contributed by atoms with E-state index in [1.807, 2.05) is 20.8 Å². The highest BCUT2D eigenvalue weighted by Gasteiger charge is 2.16. The number of benzene rings is 1. The number of hydrogen-bond donors (Lipinski definition) is 1. The summed E-state index contributed by atoms with van der Waals surface area (Å²) in [5.74, 6) is 0.604. The highest BCUT2D eigenvalue weighted by atomic mass is 16.5. The van der Waals surface area contributed by atoms with Gasteiger partial charge in [0.05, 0.1) is 12.1 Å². The summed E-state index contributed by atoms with van der Waals surface area (Å²) < 4.78 is 12.1. The lowest BCUT2D eigenvalue weighted by molar-refractivity contribution is 0.102. The van der Waals surface area contributed by atoms with Gasteiger partial charge in [-0.3, -0.25) is 10.1 Å². The van der Waals surface area contributed by atoms with Crippen molar-refractivity contribution in [2.45, 2.75) is 26.3 Å². The molecule has 1 heterocycles. The maximum atomic E-state index is 12.3. The molecule has 0 saturated heterocycles. The number of nitrogens with one attached hydrogen (secondary N) is 1. The SMILES string of the molecule is COCCOc1cccc(C(=O)Nc2ncn(C(C)(C)C)n2)c1. The van der Waals surface area contributed by atoms with Gasteiger partial charge in [-0.15, -0.1) is 5.10 Å². The van der Waals surface area contributed by atoms with Crippen LogP contribution >= 0.6 is 0 Å². The third-order valence-electron chi connectivity index (χ3n) is 3.06. The lowest BCUT2D eigenvalue weighted by Gasteiger charge is -2.17. The predicted octanol–water partition coefficient (Wildman–Crippen LogP) is 2.31. The summed E-state index contributed by atoms with van der Waals surface area (Å²) in [5, 5.41) is 6.94. The summed E-state index contributed by atoms with van der Waals surface area (Å²) in [5.41, 5.74) is 0.289. The first kappa shape index (κ1) is 17.0. The Labute approximate surface area is 135 Å². The molecule has 0 spiro atoms. The molecule has 0 fully saturated rings. The Kier molecular flexibility index (Phi) is 5.33. The van der Waals surface area contributed by atoms with Crippen LogP contribution in [-0.4, -0.2) is 41.0 Å². The van der Waals surface area contributed by atoms with Gasteiger partial charge in [0.15, 0.2) is 0 Å². The highest BCUT2D eigenvalue weighted by molar-refractivity contribution is 6.03. The van der Waals surface area contributed by atoms with Crippen LogP contribution < -0.4 is 10.1 Å². The monoisotopic (exact) mass is 318 g/mol. The van der Waals surface area contributed by atoms with Gasteiger partial charge in [0, 0.05) is 12.7 Å². The zero-order valence-electron chi connectivity index (χ0n) is 13.9. The van der Waals surface area contributed by atoms with Gasteiger partial charge in [-0.1, -0.05) is 6.07 Å². The van der Waals surface area contributed by atoms with E-state index in [1.165, 1.54) is 0 Å². The van der Waals surface area contributed by atoms with Gasteiger partial charge >= 0.3 is 0 Å². The summed E-state index contributed by atoms with van der Waals surface area (Å²) in [7, 11) is 1.61. The number of methoxy groups -OCH3 is 1. The van der Waals surface area contributed by atoms with Crippen molar-refractivity contribution in [2.24, 2.45) is 0 Å². The molecule has 0 aliphatic rings. The Morgan fingerprint density at radius 2 is 2.09 bits per heavy atom. The van der Waals surface area contributed by atoms with Crippen LogP contribution in [0.4, 0.5) is 5.95 Å². The van der Waals surface area contributed by atoms with Crippen molar-refractivity contribution in [1.29, 1.82) is 0 Å². The molecule has 124 valence electrons. The van der Waals surface area contributed by atoms with E-state index in [4.69, 9.17) is 9.47 Å². The quantitative estimate of drug-likeness (QED) is 0.827. The standard InChI is InChI=1S/C16H22N4O3/c1-16(2,3)20-11-17-15(19-20)18-14(21)12-6-5-7-13(10-12)23-9-8-22-4/h5-7,10-11H,8-9H2,1-4H3,(H,18,19,21). The molecule has 1 amide bonds. The second kappa shape index (κ2) is 7.23. The molecule has 0 bridgehead atoms. The van der Waals surface area contributed by atoms with Gasteiger partial charge in [-0.25, -0.2) is 9.67 Å². The highest BCUT2D eigenvalue weighted by Crippen LogP contribution is 2.16. The fourth-order valence-corrected chi connectivity index (χ4v) is 1.79. The van der Waals surface area contributed by atoms with Crippen LogP contribution in [-0.2, 0) is 10.3 Å². The van der Waals surface area contributed by atoms with Crippen LogP contribution in [0.3, 0.4) is 0 Å². The van der Waals surface area contributed by atoms with E-state index in [9.17, 15) is 4.79 Å². The van der Waals surface area contributed by atoms with Crippen molar-refractivity contribution in [3.05, 3.63) is 36.2 Å². The molecule has 0 saturated carbocycles. The first-order chi connectivity index (χ1) is 10.9. The van der Waals surface area contributed by atoms with Gasteiger partial charge in [0.25, 0.3) is 5.91 Å². The lowest BCUT2D eigenvalue weighted by atomic mass is 10.1. The van der Waals surface area contributed by atoms with Crippen LogP contribution in [0.1, 0.15) is 31.1 Å². The summed E-state index contributed by atoms with van der Waals surface area (Å²) in [6.07, 6.45) is 1.60. The number of hydrogen-bond acceptors (Lipinski definition) is 5. The normalized spacial score (nSPS) is 11.3. The molecule has 0 unspecified atom stereocenters. The molecule has 2 rings (SSSR count). The molecule has 0 radical (unpaired) electrons. The van der Waals surface area contributed by atoms with E-state index in [-0.39, 0.29) is 17.4 Å². The molecule has 7 nitrogen and oxygen atoms in total. The molecule has 1 N–H and O–H groups in total. The average Bonchev–Trinajstić information content (AvgIpc) is 2.96. The maximum absolute atomic E-state index is 12.3. The second-order valence-electron chi connectivity index (χ2n) is 6.01. The molecule has 1 aromatic heterocycles. The zero-order chi connectivity index (χ0) is 16.9. The minimum atomic E-state index is -0.283. The van der Waals surface area contributed by atoms with Crippen molar-refractivity contribution in [2.75, 3.05) is 25.6 Å². The fourth-order valence-electron chi connectivity index (χ4n) is 1.79. The third-order valence-corrected chi connectivity index (χ3v) is 3.06. The van der Waals surface area contributed by atoms with Crippen LogP contribution in [0.25, 0.3) is 0 Å². The smallest absolute Gasteiger partial charge is 0.258 e. The van der Waals surface area contributed by atoms with Gasteiger partial charge in [0.2, 0.25) is 5.95 Å². The number of carbonyl (C=O) groups excluding carboxylic acids is 1. The fraction of sp³-hybridized carbons (Fsp3) is 0.438. The number of nitrogens with zero attached hydrogens (tertiary/aromatic N) is 3. The van der Waals surface area contributed by atoms with Gasteiger partial charge < -0.3 is 9.47 Å². The molecule has 0 aliphatic carbocycles. The summed E-state index contributed by atoms with van der Waals surface area (Å²) in [4.78, 5) is 16.4. The van der Waals surface area contributed by atoms with Gasteiger partial charge in [-0.2, -0.15) is 0 Å². The molecular weight excluding hydrogens is 296 g/mol. The van der Waals surface area contributed by atoms with Gasteiger partial charge in [0.1, 0.15) is 18.7 Å². The largest absolute Gasteiger partial charge is 0.491 e. The summed E-state index contributed by atoms with van der Waals surface area (Å²) in [6, 6.07) is 6.93. The Morgan fingerprint density at radius 3 is 2.74 bits per heavy atom. The van der Waals surface area contributed by atoms with Crippen molar-refractivity contribution in [3.63, 3.8) is 0 Å². The number of amides is 1. The minimum absolute atomic E-state index is 0.189. The summed E-state index contributed by atoms with van der Waals surface area (Å²) in [6.45, 7) is 6.94. The number of aromatic nitrogens is 3. The first-order valence-electron chi connectivity index (χ1n) is 7.35. The zero-order valence-corrected chi connectivity index (χ0v) is 13.9. The maximum Gasteiger partial charge on any atom is 0.258 e. The third kappa shape index (κ3) is 4.79. The van der Waals surface area contributed by atoms with Crippen molar-refractivity contribution in [3.8, 4) is 5.75 Å². The predicted molar refractivity (Wildman–Crippen MR) is 86.8 cm³/mol. The molecule has 0 aliphatic heterocycles. The number of anilines is 1. The molecule has 0 atom stereocenters. The number of rotatable bonds is 6. The van der Waals surface area contributed by atoms with Crippen molar-refractivity contribution < 1.29 is 14.3 Å². The van der Waals surface area contributed by atoms with E-state index < -0.39 is 0 Å². The molecular formula is C16H22N4O3. The van der Waals surface area contributed by atoms with Crippen LogP contribution in [0.15, 0.2) is 30.6 Å². The number of carbonyl (C=O) groups is 1. The molecule has 23 heavy (non-hydrogen) atoms. The second-order valence-corrected chi connectivity index (χ2v) is 6.01. The van der Waals surface area contributed by atoms with E-state index >= 15 is 0 Å². The lowest BCUT2D eigenvalue weighted by Crippen LogP contribution is -2.22. The Hall–Kier alpha value is -2.41. The van der Waals surface area contributed by atoms with Gasteiger partial charge in [-0.05, 0) is 39.0 Å². The van der Waals surface area contributed by atoms with E-state index in [1.54, 1.807) is 42.4 Å². The van der Waals surface area contributed by atoms with Crippen LogP contribution in [0.2, 0.25) is 0 Å². The average molecular weight is 318 g/mol. The van der Waals surface area contributed by atoms with Crippen LogP contribution in [0, 0.1) is 0 Å². The molecule has 7 heteroatoms. The van der Waals surface area contributed by atoms with Crippen molar-refractivity contribution in [1.82, 2.24) is 14.8 Å². The van der Waals surface area contributed by atoms with Crippen molar-refractivity contribution >= 4 is 11.9 Å². The Balaban J connectivity index is 2.03.